The Labute approximate surface area is 142 Å². The number of rotatable bonds is 4. The van der Waals surface area contributed by atoms with E-state index in [-0.39, 0.29) is 0 Å². The molecule has 0 aliphatic carbocycles. The summed E-state index contributed by atoms with van der Waals surface area (Å²) in [5.74, 6) is 0. The predicted molar refractivity (Wildman–Crippen MR) is 94.4 cm³/mol. The minimum atomic E-state index is 0.771. The highest BCUT2D eigenvalue weighted by Crippen LogP contribution is 2.16. The predicted octanol–water partition coefficient (Wildman–Crippen LogP) is 0.631. The average Bonchev–Trinajstić information content (AvgIpc) is 3.08. The van der Waals surface area contributed by atoms with Crippen LogP contribution >= 0.6 is 0 Å². The molecular formula is C19H22N5+. The fourth-order valence-electron chi connectivity index (χ4n) is 3.19. The van der Waals surface area contributed by atoms with Crippen molar-refractivity contribution in [3.63, 3.8) is 0 Å². The first-order valence-corrected chi connectivity index (χ1v) is 8.48. The summed E-state index contributed by atoms with van der Waals surface area (Å²) in [4.78, 5) is 6.87. The zero-order valence-corrected chi connectivity index (χ0v) is 13.7. The van der Waals surface area contributed by atoms with Gasteiger partial charge in [0.05, 0.1) is 5.69 Å². The third kappa shape index (κ3) is 3.22. The summed E-state index contributed by atoms with van der Waals surface area (Å²) >= 11 is 0. The Balaban J connectivity index is 1.63. The lowest BCUT2D eigenvalue weighted by Gasteiger charge is -2.29. The Morgan fingerprint density at radius 1 is 1.00 bits per heavy atom. The fraction of sp³-hybridized carbons (Fsp3) is 0.263. The highest BCUT2D eigenvalue weighted by molar-refractivity contribution is 6.12. The van der Waals surface area contributed by atoms with Gasteiger partial charge in [0.15, 0.2) is 5.71 Å². The van der Waals surface area contributed by atoms with Gasteiger partial charge >= 0.3 is 0 Å². The Hall–Kier alpha value is -2.50. The van der Waals surface area contributed by atoms with Crippen molar-refractivity contribution in [1.29, 1.82) is 0 Å². The normalized spacial score (nSPS) is 20.7. The number of allylic oxidation sites excluding steroid dienone is 1. The van der Waals surface area contributed by atoms with Crippen molar-refractivity contribution in [2.24, 2.45) is 5.10 Å². The van der Waals surface area contributed by atoms with Crippen molar-refractivity contribution < 1.29 is 5.01 Å². The van der Waals surface area contributed by atoms with Gasteiger partial charge in [0.1, 0.15) is 18.4 Å². The molecule has 3 heterocycles. The van der Waals surface area contributed by atoms with Gasteiger partial charge < -0.3 is 10.2 Å². The SMILES string of the molecule is C1=C(N2CCNCC2)C(c2ccccc2)=N[NH+]1Cc1ccccn1. The first kappa shape index (κ1) is 15.1. The lowest BCUT2D eigenvalue weighted by molar-refractivity contribution is -0.866. The Morgan fingerprint density at radius 2 is 1.79 bits per heavy atom. The third-order valence-electron chi connectivity index (χ3n) is 4.39. The van der Waals surface area contributed by atoms with E-state index in [2.05, 4.69) is 51.7 Å². The molecule has 2 N–H and O–H groups in total. The van der Waals surface area contributed by atoms with E-state index in [1.807, 2.05) is 24.4 Å². The number of piperazine rings is 1. The van der Waals surface area contributed by atoms with E-state index in [9.17, 15) is 0 Å². The van der Waals surface area contributed by atoms with Gasteiger partial charge in [-0.1, -0.05) is 41.5 Å². The summed E-state index contributed by atoms with van der Waals surface area (Å²) < 4.78 is 0. The van der Waals surface area contributed by atoms with Crippen molar-refractivity contribution >= 4 is 5.71 Å². The highest BCUT2D eigenvalue weighted by Gasteiger charge is 2.29. The van der Waals surface area contributed by atoms with Crippen molar-refractivity contribution in [1.82, 2.24) is 15.2 Å². The van der Waals surface area contributed by atoms with Crippen LogP contribution in [0.3, 0.4) is 0 Å². The molecule has 1 atom stereocenters. The van der Waals surface area contributed by atoms with Crippen molar-refractivity contribution in [3.8, 4) is 0 Å². The molecule has 122 valence electrons. The van der Waals surface area contributed by atoms with Crippen LogP contribution in [0.2, 0.25) is 0 Å². The molecule has 0 amide bonds. The lowest BCUT2D eigenvalue weighted by atomic mass is 10.1. The summed E-state index contributed by atoms with van der Waals surface area (Å²) in [6, 6.07) is 16.5. The molecule has 1 aromatic heterocycles. The number of pyridine rings is 1. The van der Waals surface area contributed by atoms with Crippen molar-refractivity contribution in [2.75, 3.05) is 26.2 Å². The smallest absolute Gasteiger partial charge is 0.155 e. The third-order valence-corrected chi connectivity index (χ3v) is 4.39. The van der Waals surface area contributed by atoms with Crippen LogP contribution in [0, 0.1) is 0 Å². The molecule has 2 aromatic rings. The van der Waals surface area contributed by atoms with Crippen LogP contribution in [0.25, 0.3) is 0 Å². The molecule has 2 aliphatic heterocycles. The summed E-state index contributed by atoms with van der Waals surface area (Å²) in [5, 5.41) is 9.45. The molecule has 1 saturated heterocycles. The lowest BCUT2D eigenvalue weighted by Crippen LogP contribution is -3.00. The van der Waals surface area contributed by atoms with Crippen LogP contribution in [0.15, 0.2) is 71.7 Å². The van der Waals surface area contributed by atoms with Crippen LogP contribution in [-0.2, 0) is 6.54 Å². The van der Waals surface area contributed by atoms with Crippen LogP contribution < -0.4 is 10.3 Å². The average molecular weight is 320 g/mol. The van der Waals surface area contributed by atoms with Gasteiger partial charge in [0.25, 0.3) is 0 Å². The van der Waals surface area contributed by atoms with Crippen LogP contribution in [0.5, 0.6) is 0 Å². The maximum absolute atomic E-state index is 4.95. The number of nitrogens with zero attached hydrogens (tertiary/aromatic N) is 3. The number of hydrogen-bond donors (Lipinski definition) is 2. The molecule has 1 aromatic carbocycles. The summed E-state index contributed by atoms with van der Waals surface area (Å²) in [7, 11) is 0. The Kier molecular flexibility index (Phi) is 4.36. The zero-order chi connectivity index (χ0) is 16.2. The van der Waals surface area contributed by atoms with E-state index in [0.29, 0.717) is 0 Å². The molecule has 0 bridgehead atoms. The second-order valence-electron chi connectivity index (χ2n) is 6.08. The van der Waals surface area contributed by atoms with Crippen LogP contribution in [0.1, 0.15) is 11.3 Å². The Morgan fingerprint density at radius 3 is 2.54 bits per heavy atom. The van der Waals surface area contributed by atoms with E-state index in [1.54, 1.807) is 0 Å². The molecule has 4 rings (SSSR count). The van der Waals surface area contributed by atoms with Crippen molar-refractivity contribution in [3.05, 3.63) is 77.9 Å². The Bertz CT molecular complexity index is 733. The molecule has 5 heteroatoms. The molecule has 0 spiro atoms. The minimum Gasteiger partial charge on any atom is -0.363 e. The van der Waals surface area contributed by atoms with Gasteiger partial charge in [-0.25, -0.2) is 0 Å². The molecular weight excluding hydrogens is 298 g/mol. The van der Waals surface area contributed by atoms with Crippen LogP contribution in [-0.4, -0.2) is 41.8 Å². The first-order chi connectivity index (χ1) is 11.9. The zero-order valence-electron chi connectivity index (χ0n) is 13.7. The van der Waals surface area contributed by atoms with Gasteiger partial charge in [-0.15, -0.1) is 0 Å². The largest absolute Gasteiger partial charge is 0.363 e. The molecule has 1 unspecified atom stereocenters. The van der Waals surface area contributed by atoms with Gasteiger partial charge in [-0.05, 0) is 12.1 Å². The highest BCUT2D eigenvalue weighted by atomic mass is 15.5. The standard InChI is InChI=1S/C19H21N5/c1-2-6-16(7-3-1)19-18(23-12-10-20-11-13-23)15-24(22-19)14-17-8-4-5-9-21-17/h1-9,15,20H,10-14H2/p+1. The van der Waals surface area contributed by atoms with E-state index in [0.717, 1.165) is 49.1 Å². The molecule has 2 aliphatic rings. The molecule has 0 saturated carbocycles. The molecule has 0 radical (unpaired) electrons. The number of aromatic nitrogens is 1. The quantitative estimate of drug-likeness (QED) is 0.869. The monoisotopic (exact) mass is 320 g/mol. The maximum atomic E-state index is 4.95. The number of benzene rings is 1. The fourth-order valence-corrected chi connectivity index (χ4v) is 3.19. The van der Waals surface area contributed by atoms with E-state index in [4.69, 9.17) is 5.10 Å². The van der Waals surface area contributed by atoms with E-state index >= 15 is 0 Å². The first-order valence-electron chi connectivity index (χ1n) is 8.48. The summed E-state index contributed by atoms with van der Waals surface area (Å²) in [6.07, 6.45) is 4.08. The van der Waals surface area contributed by atoms with Crippen molar-refractivity contribution in [2.45, 2.75) is 6.54 Å². The maximum Gasteiger partial charge on any atom is 0.155 e. The number of hydrogen-bond acceptors (Lipinski definition) is 4. The van der Waals surface area contributed by atoms with Gasteiger partial charge in [0.2, 0.25) is 0 Å². The van der Waals surface area contributed by atoms with Gasteiger partial charge in [-0.3, -0.25) is 4.98 Å². The van der Waals surface area contributed by atoms with E-state index < -0.39 is 0 Å². The topological polar surface area (TPSA) is 45.0 Å². The minimum absolute atomic E-state index is 0.771. The summed E-state index contributed by atoms with van der Waals surface area (Å²) in [5.41, 5.74) is 4.57. The molecule has 5 nitrogen and oxygen atoms in total. The van der Waals surface area contributed by atoms with Crippen LogP contribution in [0.4, 0.5) is 0 Å². The summed E-state index contributed by atoms with van der Waals surface area (Å²) in [6.45, 7) is 4.86. The van der Waals surface area contributed by atoms with Gasteiger partial charge in [0, 0.05) is 37.9 Å². The van der Waals surface area contributed by atoms with E-state index in [1.165, 1.54) is 11.3 Å². The molecule has 24 heavy (non-hydrogen) atoms. The number of quaternary nitrogens is 1. The second-order valence-corrected chi connectivity index (χ2v) is 6.08. The second kappa shape index (κ2) is 6.95. The number of nitrogens with one attached hydrogen (secondary N) is 2. The molecule has 1 fully saturated rings. The van der Waals surface area contributed by atoms with Gasteiger partial charge in [-0.2, -0.15) is 5.01 Å².